The van der Waals surface area contributed by atoms with Crippen LogP contribution in [0.1, 0.15) is 266 Å². The molecule has 0 aliphatic carbocycles. The molecule has 75 heavy (non-hydrogen) atoms. The van der Waals surface area contributed by atoms with Gasteiger partial charge in [0.2, 0.25) is 0 Å². The number of hydrogen-bond donors (Lipinski definition) is 3. The van der Waals surface area contributed by atoms with Crippen molar-refractivity contribution in [3.8, 4) is 0 Å². The molecule has 0 radical (unpaired) electrons. The van der Waals surface area contributed by atoms with E-state index in [-0.39, 0.29) is 25.7 Å². The minimum Gasteiger partial charge on any atom is -0.462 e. The van der Waals surface area contributed by atoms with Gasteiger partial charge in [-0.25, -0.2) is 9.13 Å². The van der Waals surface area contributed by atoms with Crippen molar-refractivity contribution in [1.29, 1.82) is 0 Å². The molecule has 0 fully saturated rings. The normalized spacial score (nSPS) is 14.5. The van der Waals surface area contributed by atoms with Crippen LogP contribution in [0.25, 0.3) is 0 Å². The van der Waals surface area contributed by atoms with E-state index in [9.17, 15) is 43.2 Å². The van der Waals surface area contributed by atoms with Crippen molar-refractivity contribution < 1.29 is 80.2 Å². The third-order valence-corrected chi connectivity index (χ3v) is 14.6. The molecule has 0 bridgehead atoms. The van der Waals surface area contributed by atoms with Crippen molar-refractivity contribution in [2.24, 2.45) is 11.8 Å². The maximum absolute atomic E-state index is 12.9. The lowest BCUT2D eigenvalue weighted by atomic mass is 10.0. The molecule has 0 rings (SSSR count). The molecule has 0 aromatic heterocycles. The van der Waals surface area contributed by atoms with E-state index in [4.69, 9.17) is 37.0 Å². The summed E-state index contributed by atoms with van der Waals surface area (Å²) in [7, 11) is -9.86. The van der Waals surface area contributed by atoms with Crippen LogP contribution in [0.15, 0.2) is 0 Å². The number of aliphatic hydroxyl groups is 1. The number of phosphoric ester groups is 2. The Balaban J connectivity index is 5.18. The summed E-state index contributed by atoms with van der Waals surface area (Å²) >= 11 is 0. The molecule has 3 N–H and O–H groups in total. The Morgan fingerprint density at radius 3 is 0.907 bits per heavy atom. The number of unbranched alkanes of at least 4 members (excludes halogenated alkanes) is 25. The van der Waals surface area contributed by atoms with Crippen LogP contribution >= 0.6 is 15.6 Å². The molecule has 2 unspecified atom stereocenters. The second-order valence-corrected chi connectivity index (χ2v) is 24.2. The number of rotatable bonds is 55. The average Bonchev–Trinajstić information content (AvgIpc) is 3.36. The van der Waals surface area contributed by atoms with Crippen molar-refractivity contribution >= 4 is 39.5 Å². The number of carbonyl (C=O) groups excluding carboxylic acids is 4. The molecule has 0 aromatic carbocycles. The molecule has 0 saturated carbocycles. The summed E-state index contributed by atoms with van der Waals surface area (Å²) in [5, 5.41) is 10.5. The zero-order valence-corrected chi connectivity index (χ0v) is 49.6. The molecule has 17 nitrogen and oxygen atoms in total. The number of aliphatic hydroxyl groups excluding tert-OH is 1. The second kappa shape index (κ2) is 49.1. The van der Waals surface area contributed by atoms with Gasteiger partial charge in [0.05, 0.1) is 26.4 Å². The highest BCUT2D eigenvalue weighted by atomic mass is 31.2. The van der Waals surface area contributed by atoms with E-state index in [0.717, 1.165) is 115 Å². The highest BCUT2D eigenvalue weighted by Crippen LogP contribution is 2.45. The first-order valence-corrected chi connectivity index (χ1v) is 32.5. The molecule has 0 aromatic rings. The molecule has 0 saturated heterocycles. The van der Waals surface area contributed by atoms with Gasteiger partial charge in [0.1, 0.15) is 19.3 Å². The maximum Gasteiger partial charge on any atom is 0.472 e. The van der Waals surface area contributed by atoms with Gasteiger partial charge in [0.15, 0.2) is 12.2 Å². The summed E-state index contributed by atoms with van der Waals surface area (Å²) < 4.78 is 67.4. The topological polar surface area (TPSA) is 237 Å². The Hall–Kier alpha value is -1.94. The lowest BCUT2D eigenvalue weighted by Crippen LogP contribution is -2.30. The van der Waals surface area contributed by atoms with E-state index in [1.807, 2.05) is 0 Å². The highest BCUT2D eigenvalue weighted by Gasteiger charge is 2.30. The number of carbonyl (C=O) groups is 4. The van der Waals surface area contributed by atoms with Gasteiger partial charge < -0.3 is 33.8 Å². The third kappa shape index (κ3) is 51.3. The number of hydrogen-bond acceptors (Lipinski definition) is 15. The lowest BCUT2D eigenvalue weighted by molar-refractivity contribution is -0.161. The summed E-state index contributed by atoms with van der Waals surface area (Å²) in [6, 6.07) is 0. The van der Waals surface area contributed by atoms with E-state index >= 15 is 0 Å². The predicted octanol–water partition coefficient (Wildman–Crippen LogP) is 14.5. The standard InChI is InChI=1S/C56H108O17P2/c1-7-9-11-13-14-20-28-34-40-55(60)72-51(44-66-53(58)38-32-24-12-10-8-2)46-70-74(62,63)68-42-50(57)43-69-75(64,65)71-47-52(45-67-54(59)39-33-27-23-22-26-31-37-49(5)6)73-56(61)41-35-29-21-18-16-15-17-19-25-30-36-48(3)4/h48-52,57H,7-47H2,1-6H3,(H,62,63)(H,64,65)/t50-,51+,52+/m0/s1. The molecule has 0 amide bonds. The number of ether oxygens (including phenoxy) is 4. The molecule has 0 aliphatic rings. The molecule has 444 valence electrons. The SMILES string of the molecule is CCCCCCCCCCC(=O)O[C@H](COC(=O)CCCCCCC)COP(=O)(O)OC[C@H](O)COP(=O)(O)OC[C@@H](COC(=O)CCCCCCCCC(C)C)OC(=O)CCCCCCCCCCCCC(C)C. The van der Waals surface area contributed by atoms with Crippen molar-refractivity contribution in [1.82, 2.24) is 0 Å². The summed E-state index contributed by atoms with van der Waals surface area (Å²) in [4.78, 5) is 71.5. The first kappa shape index (κ1) is 73.1. The number of esters is 4. The van der Waals surface area contributed by atoms with Crippen LogP contribution in [0.3, 0.4) is 0 Å². The van der Waals surface area contributed by atoms with E-state index in [1.54, 1.807) is 0 Å². The monoisotopic (exact) mass is 1110 g/mol. The van der Waals surface area contributed by atoms with Crippen LogP contribution in [0.5, 0.6) is 0 Å². The van der Waals surface area contributed by atoms with Crippen molar-refractivity contribution in [3.63, 3.8) is 0 Å². The fourth-order valence-corrected chi connectivity index (χ4v) is 9.70. The lowest BCUT2D eigenvalue weighted by Gasteiger charge is -2.21. The first-order chi connectivity index (χ1) is 35.9. The van der Waals surface area contributed by atoms with Crippen LogP contribution < -0.4 is 0 Å². The van der Waals surface area contributed by atoms with Gasteiger partial charge in [0, 0.05) is 25.7 Å². The minimum atomic E-state index is -4.93. The van der Waals surface area contributed by atoms with Crippen LogP contribution in [0.4, 0.5) is 0 Å². The largest absolute Gasteiger partial charge is 0.472 e. The number of phosphoric acid groups is 2. The molecular weight excluding hydrogens is 1010 g/mol. The Morgan fingerprint density at radius 1 is 0.360 bits per heavy atom. The third-order valence-electron chi connectivity index (χ3n) is 12.7. The first-order valence-electron chi connectivity index (χ1n) is 29.5. The highest BCUT2D eigenvalue weighted by molar-refractivity contribution is 7.47. The smallest absolute Gasteiger partial charge is 0.462 e. The van der Waals surface area contributed by atoms with Crippen LogP contribution in [0.2, 0.25) is 0 Å². The molecule has 0 heterocycles. The Kier molecular flexibility index (Phi) is 47.9. The quantitative estimate of drug-likeness (QED) is 0.0222. The zero-order chi connectivity index (χ0) is 55.8. The van der Waals surface area contributed by atoms with Gasteiger partial charge in [-0.2, -0.15) is 0 Å². The summed E-state index contributed by atoms with van der Waals surface area (Å²) in [6.45, 7) is 9.22. The minimum absolute atomic E-state index is 0.103. The summed E-state index contributed by atoms with van der Waals surface area (Å²) in [5.41, 5.74) is 0. The summed E-state index contributed by atoms with van der Waals surface area (Å²) in [6.07, 6.45) is 28.5. The van der Waals surface area contributed by atoms with E-state index in [1.165, 1.54) is 64.2 Å². The zero-order valence-electron chi connectivity index (χ0n) is 47.8. The van der Waals surface area contributed by atoms with Gasteiger partial charge >= 0.3 is 39.5 Å². The molecule has 0 aliphatic heterocycles. The van der Waals surface area contributed by atoms with E-state index in [0.29, 0.717) is 31.6 Å². The Morgan fingerprint density at radius 2 is 0.613 bits per heavy atom. The fourth-order valence-electron chi connectivity index (χ4n) is 8.12. The molecule has 0 spiro atoms. The molecule has 5 atom stereocenters. The van der Waals surface area contributed by atoms with Gasteiger partial charge in [-0.05, 0) is 37.5 Å². The van der Waals surface area contributed by atoms with Crippen LogP contribution in [-0.4, -0.2) is 96.7 Å². The van der Waals surface area contributed by atoms with Gasteiger partial charge in [0.25, 0.3) is 0 Å². The van der Waals surface area contributed by atoms with Crippen molar-refractivity contribution in [2.75, 3.05) is 39.6 Å². The van der Waals surface area contributed by atoms with Crippen molar-refractivity contribution in [2.45, 2.75) is 285 Å². The van der Waals surface area contributed by atoms with Crippen molar-refractivity contribution in [3.05, 3.63) is 0 Å². The van der Waals surface area contributed by atoms with Crippen LogP contribution in [0, 0.1) is 11.8 Å². The van der Waals surface area contributed by atoms with E-state index < -0.39 is 97.5 Å². The van der Waals surface area contributed by atoms with E-state index in [2.05, 4.69) is 41.5 Å². The fraction of sp³-hybridized carbons (Fsp3) is 0.929. The summed E-state index contributed by atoms with van der Waals surface area (Å²) in [5.74, 6) is -0.729. The Labute approximate surface area is 454 Å². The van der Waals surface area contributed by atoms with Crippen LogP contribution in [-0.2, 0) is 65.4 Å². The molecule has 19 heteroatoms. The Bertz CT molecular complexity index is 1500. The molecular formula is C56H108O17P2. The maximum atomic E-state index is 12.9. The van der Waals surface area contributed by atoms with Gasteiger partial charge in [-0.15, -0.1) is 0 Å². The van der Waals surface area contributed by atoms with Gasteiger partial charge in [-0.1, -0.05) is 215 Å². The van der Waals surface area contributed by atoms with Gasteiger partial charge in [-0.3, -0.25) is 37.3 Å². The second-order valence-electron chi connectivity index (χ2n) is 21.3. The average molecular weight is 1120 g/mol. The predicted molar refractivity (Wildman–Crippen MR) is 294 cm³/mol.